The number of methoxy groups -OCH3 is 1. The first kappa shape index (κ1) is 14.8. The second-order valence-electron chi connectivity index (χ2n) is 5.10. The molecule has 0 radical (unpaired) electrons. The molecular weight excluding hydrogens is 296 g/mol. The smallest absolute Gasteiger partial charge is 0.193 e. The molecule has 116 valence electrons. The lowest BCUT2D eigenvalue weighted by Crippen LogP contribution is -2.04. The quantitative estimate of drug-likeness (QED) is 0.750. The van der Waals surface area contributed by atoms with E-state index in [0.717, 1.165) is 0 Å². The molecule has 0 aliphatic rings. The predicted molar refractivity (Wildman–Crippen MR) is 86.1 cm³/mol. The number of hydrogen-bond acceptors (Lipinski definition) is 5. The number of aromatic hydroxyl groups is 1. The fourth-order valence-electron chi connectivity index (χ4n) is 2.45. The molecule has 1 aromatic heterocycles. The Hall–Kier alpha value is -3.08. The Bertz CT molecular complexity index is 952. The first-order chi connectivity index (χ1) is 11.0. The van der Waals surface area contributed by atoms with Gasteiger partial charge in [0.15, 0.2) is 16.8 Å². The summed E-state index contributed by atoms with van der Waals surface area (Å²) in [7, 11) is 1.56. The molecule has 0 amide bonds. The molecule has 5 nitrogen and oxygen atoms in total. The third kappa shape index (κ3) is 2.57. The highest BCUT2D eigenvalue weighted by molar-refractivity contribution is 6.07. The van der Waals surface area contributed by atoms with Crippen LogP contribution in [-0.4, -0.2) is 18.0 Å². The normalized spacial score (nSPS) is 10.7. The molecule has 3 aromatic rings. The molecule has 0 aliphatic carbocycles. The molecule has 0 fully saturated rings. The van der Waals surface area contributed by atoms with Gasteiger partial charge in [0.05, 0.1) is 12.5 Å². The summed E-state index contributed by atoms with van der Waals surface area (Å²) in [5, 5.41) is 10.2. The van der Waals surface area contributed by atoms with Crippen LogP contribution in [0.15, 0.2) is 51.7 Å². The van der Waals surface area contributed by atoms with E-state index in [1.54, 1.807) is 31.4 Å². The zero-order valence-electron chi connectivity index (χ0n) is 12.6. The molecule has 2 aromatic carbocycles. The highest BCUT2D eigenvalue weighted by atomic mass is 16.5. The largest absolute Gasteiger partial charge is 0.507 e. The molecular formula is C18H14O5. The standard InChI is InChI=1S/C18H14O5/c1-10(19)17-14(20)8-7-13-15(21)9-16(23-18(13)17)11-3-5-12(22-2)6-4-11/h3-9,20H,1-2H3. The van der Waals surface area contributed by atoms with Gasteiger partial charge < -0.3 is 14.3 Å². The molecule has 3 rings (SSSR count). The van der Waals surface area contributed by atoms with Crippen LogP contribution in [0.2, 0.25) is 0 Å². The summed E-state index contributed by atoms with van der Waals surface area (Å²) in [5.41, 5.74) is 0.494. The molecule has 0 saturated carbocycles. The van der Waals surface area contributed by atoms with Crippen molar-refractivity contribution in [3.63, 3.8) is 0 Å². The fourth-order valence-corrected chi connectivity index (χ4v) is 2.45. The summed E-state index contributed by atoms with van der Waals surface area (Å²) in [5.74, 6) is 0.417. The highest BCUT2D eigenvalue weighted by Gasteiger charge is 2.17. The van der Waals surface area contributed by atoms with E-state index < -0.39 is 0 Å². The van der Waals surface area contributed by atoms with E-state index in [4.69, 9.17) is 9.15 Å². The van der Waals surface area contributed by atoms with Gasteiger partial charge in [-0.25, -0.2) is 0 Å². The highest BCUT2D eigenvalue weighted by Crippen LogP contribution is 2.30. The van der Waals surface area contributed by atoms with Gasteiger partial charge in [-0.05, 0) is 43.3 Å². The topological polar surface area (TPSA) is 76.7 Å². The molecule has 1 N–H and O–H groups in total. The van der Waals surface area contributed by atoms with Crippen LogP contribution in [0.4, 0.5) is 0 Å². The van der Waals surface area contributed by atoms with Crippen molar-refractivity contribution in [3.8, 4) is 22.8 Å². The summed E-state index contributed by atoms with van der Waals surface area (Å²) < 4.78 is 10.8. The average molecular weight is 310 g/mol. The number of benzene rings is 2. The second kappa shape index (κ2) is 5.61. The minimum Gasteiger partial charge on any atom is -0.507 e. The molecule has 23 heavy (non-hydrogen) atoms. The number of fused-ring (bicyclic) bond motifs is 1. The molecule has 0 unspecified atom stereocenters. The van der Waals surface area contributed by atoms with Crippen molar-refractivity contribution in [2.24, 2.45) is 0 Å². The van der Waals surface area contributed by atoms with Crippen LogP contribution in [0.3, 0.4) is 0 Å². The van der Waals surface area contributed by atoms with Crippen molar-refractivity contribution in [1.29, 1.82) is 0 Å². The molecule has 5 heteroatoms. The van der Waals surface area contributed by atoms with Gasteiger partial charge in [0.2, 0.25) is 0 Å². The minimum absolute atomic E-state index is 0.00922. The van der Waals surface area contributed by atoms with Crippen molar-refractivity contribution in [3.05, 3.63) is 58.3 Å². The first-order valence-electron chi connectivity index (χ1n) is 6.96. The number of ether oxygens (including phenoxy) is 1. The SMILES string of the molecule is COc1ccc(-c2cc(=O)c3ccc(O)c(C(C)=O)c3o2)cc1. The number of carbonyl (C=O) groups is 1. The maximum Gasteiger partial charge on any atom is 0.193 e. The van der Waals surface area contributed by atoms with Crippen LogP contribution in [-0.2, 0) is 0 Å². The lowest BCUT2D eigenvalue weighted by Gasteiger charge is -2.08. The number of ketones is 1. The maximum atomic E-state index is 12.3. The minimum atomic E-state index is -0.372. The summed E-state index contributed by atoms with van der Waals surface area (Å²) in [6.45, 7) is 1.31. The monoisotopic (exact) mass is 310 g/mol. The van der Waals surface area contributed by atoms with E-state index in [-0.39, 0.29) is 33.5 Å². The lowest BCUT2D eigenvalue weighted by atomic mass is 10.1. The van der Waals surface area contributed by atoms with Crippen molar-refractivity contribution in [2.75, 3.05) is 7.11 Å². The molecule has 0 atom stereocenters. The number of hydrogen-bond donors (Lipinski definition) is 1. The van der Waals surface area contributed by atoms with Gasteiger partial charge in [0.25, 0.3) is 0 Å². The predicted octanol–water partition coefficient (Wildman–Crippen LogP) is 3.38. The van der Waals surface area contributed by atoms with E-state index in [1.165, 1.54) is 25.1 Å². The van der Waals surface area contributed by atoms with Crippen LogP contribution in [0.25, 0.3) is 22.3 Å². The Kier molecular flexibility index (Phi) is 3.62. The van der Waals surface area contributed by atoms with E-state index in [0.29, 0.717) is 17.1 Å². The van der Waals surface area contributed by atoms with Crippen molar-refractivity contribution in [1.82, 2.24) is 0 Å². The van der Waals surface area contributed by atoms with Crippen LogP contribution in [0.1, 0.15) is 17.3 Å². The zero-order valence-corrected chi connectivity index (χ0v) is 12.6. The Labute approximate surface area is 131 Å². The molecule has 0 aliphatic heterocycles. The van der Waals surface area contributed by atoms with E-state index >= 15 is 0 Å². The zero-order chi connectivity index (χ0) is 16.6. The Balaban J connectivity index is 2.29. The number of phenols is 1. The summed E-state index contributed by atoms with van der Waals surface area (Å²) >= 11 is 0. The average Bonchev–Trinajstić information content (AvgIpc) is 2.54. The van der Waals surface area contributed by atoms with Crippen molar-refractivity contribution in [2.45, 2.75) is 6.92 Å². The Morgan fingerprint density at radius 1 is 1.13 bits per heavy atom. The fraction of sp³-hybridized carbons (Fsp3) is 0.111. The third-order valence-corrected chi connectivity index (χ3v) is 3.60. The third-order valence-electron chi connectivity index (χ3n) is 3.60. The van der Waals surface area contributed by atoms with Gasteiger partial charge in [-0.2, -0.15) is 0 Å². The molecule has 0 bridgehead atoms. The van der Waals surface area contributed by atoms with Gasteiger partial charge in [-0.15, -0.1) is 0 Å². The van der Waals surface area contributed by atoms with E-state index in [2.05, 4.69) is 0 Å². The number of carbonyl (C=O) groups excluding carboxylic acids is 1. The van der Waals surface area contributed by atoms with E-state index in [9.17, 15) is 14.7 Å². The van der Waals surface area contributed by atoms with E-state index in [1.807, 2.05) is 0 Å². The van der Waals surface area contributed by atoms with Gasteiger partial charge in [0.1, 0.15) is 22.8 Å². The lowest BCUT2D eigenvalue weighted by molar-refractivity contribution is 0.101. The Morgan fingerprint density at radius 3 is 2.43 bits per heavy atom. The number of Topliss-reactive ketones (excluding diaryl/α,β-unsaturated/α-hetero) is 1. The van der Waals surface area contributed by atoms with Crippen molar-refractivity contribution < 1.29 is 19.1 Å². The van der Waals surface area contributed by atoms with Crippen LogP contribution < -0.4 is 10.2 Å². The molecule has 0 saturated heterocycles. The Morgan fingerprint density at radius 2 is 1.83 bits per heavy atom. The first-order valence-corrected chi connectivity index (χ1v) is 6.96. The molecule has 0 spiro atoms. The number of phenolic OH excluding ortho intramolecular Hbond substituents is 1. The van der Waals surface area contributed by atoms with Gasteiger partial charge in [-0.3, -0.25) is 9.59 Å². The second-order valence-corrected chi connectivity index (χ2v) is 5.10. The van der Waals surface area contributed by atoms with Gasteiger partial charge in [-0.1, -0.05) is 0 Å². The summed E-state index contributed by atoms with van der Waals surface area (Å²) in [6.07, 6.45) is 0. The number of rotatable bonds is 3. The van der Waals surface area contributed by atoms with Gasteiger partial charge >= 0.3 is 0 Å². The van der Waals surface area contributed by atoms with Crippen LogP contribution in [0, 0.1) is 0 Å². The van der Waals surface area contributed by atoms with Crippen LogP contribution >= 0.6 is 0 Å². The molecule has 1 heterocycles. The summed E-state index contributed by atoms with van der Waals surface area (Å²) in [6, 6.07) is 11.1. The maximum absolute atomic E-state index is 12.3. The van der Waals surface area contributed by atoms with Crippen molar-refractivity contribution >= 4 is 16.8 Å². The van der Waals surface area contributed by atoms with Gasteiger partial charge in [0, 0.05) is 11.6 Å². The van der Waals surface area contributed by atoms with Crippen LogP contribution in [0.5, 0.6) is 11.5 Å². The summed E-state index contributed by atoms with van der Waals surface area (Å²) in [4.78, 5) is 24.1.